The van der Waals surface area contributed by atoms with Crippen molar-refractivity contribution in [3.63, 3.8) is 0 Å². The number of rotatable bonds is 9. The number of carbonyl (C=O) groups excluding carboxylic acids is 1. The monoisotopic (exact) mass is 464 g/mol. The van der Waals surface area contributed by atoms with Crippen molar-refractivity contribution in [3.05, 3.63) is 95.6 Å². The van der Waals surface area contributed by atoms with Crippen LogP contribution >= 0.6 is 0 Å². The highest BCUT2D eigenvalue weighted by atomic mass is 32.2. The molecule has 0 saturated carbocycles. The minimum absolute atomic E-state index is 0.156. The zero-order chi connectivity index (χ0) is 24.0. The molecule has 174 valence electrons. The number of hydrogen-bond donors (Lipinski definition) is 1. The van der Waals surface area contributed by atoms with Gasteiger partial charge in [0.05, 0.1) is 16.6 Å². The van der Waals surface area contributed by atoms with E-state index in [1.165, 1.54) is 4.31 Å². The normalized spacial score (nSPS) is 12.4. The summed E-state index contributed by atoms with van der Waals surface area (Å²) in [6, 6.07) is 23.5. The molecule has 3 rings (SSSR count). The summed E-state index contributed by atoms with van der Waals surface area (Å²) in [6.45, 7) is 7.75. The van der Waals surface area contributed by atoms with Gasteiger partial charge in [-0.2, -0.15) is 0 Å². The van der Waals surface area contributed by atoms with Crippen LogP contribution in [0.3, 0.4) is 0 Å². The molecule has 1 N–H and O–H groups in total. The zero-order valence-corrected chi connectivity index (χ0v) is 20.5. The fraction of sp³-hybridized carbons (Fsp3) is 0.296. The predicted molar refractivity (Wildman–Crippen MR) is 134 cm³/mol. The molecule has 5 nitrogen and oxygen atoms in total. The third-order valence-corrected chi connectivity index (χ3v) is 7.48. The number of amides is 1. The fourth-order valence-electron chi connectivity index (χ4n) is 3.65. The van der Waals surface area contributed by atoms with Crippen LogP contribution in [-0.4, -0.2) is 20.9 Å². The lowest BCUT2D eigenvalue weighted by Gasteiger charge is -2.26. The van der Waals surface area contributed by atoms with Gasteiger partial charge in [0.2, 0.25) is 5.91 Å². The molecular weight excluding hydrogens is 432 g/mol. The van der Waals surface area contributed by atoms with E-state index in [0.29, 0.717) is 18.0 Å². The number of nitrogens with zero attached hydrogens (tertiary/aromatic N) is 1. The highest BCUT2D eigenvalue weighted by Crippen LogP contribution is 2.26. The second-order valence-corrected chi connectivity index (χ2v) is 10.4. The van der Waals surface area contributed by atoms with E-state index in [4.69, 9.17) is 0 Å². The summed E-state index contributed by atoms with van der Waals surface area (Å²) < 4.78 is 28.3. The van der Waals surface area contributed by atoms with Crippen molar-refractivity contribution >= 4 is 21.6 Å². The van der Waals surface area contributed by atoms with Gasteiger partial charge in [0.1, 0.15) is 6.54 Å². The van der Waals surface area contributed by atoms with E-state index in [-0.39, 0.29) is 23.4 Å². The first-order valence-corrected chi connectivity index (χ1v) is 12.7. The maximum atomic E-state index is 13.6. The Hall–Kier alpha value is -3.12. The topological polar surface area (TPSA) is 66.5 Å². The van der Waals surface area contributed by atoms with Crippen LogP contribution in [0.25, 0.3) is 0 Å². The van der Waals surface area contributed by atoms with Gasteiger partial charge in [-0.25, -0.2) is 8.42 Å². The maximum Gasteiger partial charge on any atom is 0.264 e. The second kappa shape index (κ2) is 10.7. The van der Waals surface area contributed by atoms with E-state index < -0.39 is 10.0 Å². The van der Waals surface area contributed by atoms with Crippen LogP contribution in [0.2, 0.25) is 0 Å². The Morgan fingerprint density at radius 1 is 0.879 bits per heavy atom. The van der Waals surface area contributed by atoms with Crippen LogP contribution in [0, 0.1) is 6.92 Å². The maximum absolute atomic E-state index is 13.6. The number of nitrogens with one attached hydrogen (secondary N) is 1. The summed E-state index contributed by atoms with van der Waals surface area (Å²) in [4.78, 5) is 13.2. The van der Waals surface area contributed by atoms with Crippen molar-refractivity contribution in [1.29, 1.82) is 0 Å². The first-order chi connectivity index (χ1) is 15.7. The fourth-order valence-corrected chi connectivity index (χ4v) is 5.08. The van der Waals surface area contributed by atoms with E-state index in [0.717, 1.165) is 16.7 Å². The summed E-state index contributed by atoms with van der Waals surface area (Å²) in [6.07, 6.45) is 0.698. The quantitative estimate of drug-likeness (QED) is 0.449. The molecule has 0 bridgehead atoms. The first kappa shape index (κ1) is 24.5. The molecule has 6 heteroatoms. The van der Waals surface area contributed by atoms with Crippen LogP contribution in [-0.2, 0) is 14.8 Å². The number of hydrogen-bond acceptors (Lipinski definition) is 3. The molecular formula is C27H32N2O3S. The average molecular weight is 465 g/mol. The molecule has 0 spiro atoms. The van der Waals surface area contributed by atoms with Crippen LogP contribution in [0.1, 0.15) is 55.8 Å². The third-order valence-electron chi connectivity index (χ3n) is 5.69. The lowest BCUT2D eigenvalue weighted by molar-refractivity contribution is -0.120. The van der Waals surface area contributed by atoms with E-state index in [1.807, 2.05) is 56.3 Å². The Labute approximate surface area is 197 Å². The standard InChI is InChI=1S/C27H32N2O3S/c1-5-26(23-9-7-6-8-10-23)28-27(30)19-29(24-15-13-22(14-16-24)20(2)3)33(31,32)25-17-11-21(4)12-18-25/h6-18,20,26H,5,19H2,1-4H3,(H,28,30). The Bertz CT molecular complexity index is 1160. The van der Waals surface area contributed by atoms with Gasteiger partial charge in [0, 0.05) is 0 Å². The Morgan fingerprint density at radius 3 is 2.03 bits per heavy atom. The van der Waals surface area contributed by atoms with E-state index in [1.54, 1.807) is 36.4 Å². The van der Waals surface area contributed by atoms with Crippen LogP contribution in [0.4, 0.5) is 5.69 Å². The van der Waals surface area contributed by atoms with Gasteiger partial charge in [-0.3, -0.25) is 9.10 Å². The molecule has 0 fully saturated rings. The number of anilines is 1. The lowest BCUT2D eigenvalue weighted by Crippen LogP contribution is -2.42. The molecule has 1 unspecified atom stereocenters. The van der Waals surface area contributed by atoms with Crippen molar-refractivity contribution < 1.29 is 13.2 Å². The molecule has 0 heterocycles. The van der Waals surface area contributed by atoms with Gasteiger partial charge in [-0.15, -0.1) is 0 Å². The van der Waals surface area contributed by atoms with Gasteiger partial charge in [-0.05, 0) is 54.7 Å². The highest BCUT2D eigenvalue weighted by molar-refractivity contribution is 7.92. The van der Waals surface area contributed by atoms with Crippen LogP contribution < -0.4 is 9.62 Å². The number of aryl methyl sites for hydroxylation is 1. The van der Waals surface area contributed by atoms with Crippen molar-refractivity contribution in [1.82, 2.24) is 5.32 Å². The van der Waals surface area contributed by atoms with Crippen molar-refractivity contribution in [2.75, 3.05) is 10.8 Å². The number of sulfonamides is 1. The SMILES string of the molecule is CCC(NC(=O)CN(c1ccc(C(C)C)cc1)S(=O)(=O)c1ccc(C)cc1)c1ccccc1. The summed E-state index contributed by atoms with van der Waals surface area (Å²) in [5.41, 5.74) is 3.52. The minimum Gasteiger partial charge on any atom is -0.348 e. The molecule has 0 aromatic heterocycles. The smallest absolute Gasteiger partial charge is 0.264 e. The predicted octanol–water partition coefficient (Wildman–Crippen LogP) is 5.58. The Balaban J connectivity index is 1.92. The molecule has 3 aromatic carbocycles. The van der Waals surface area contributed by atoms with Crippen LogP contribution in [0.15, 0.2) is 83.8 Å². The van der Waals surface area contributed by atoms with Gasteiger partial charge in [0.25, 0.3) is 10.0 Å². The summed E-state index contributed by atoms with van der Waals surface area (Å²) in [7, 11) is -3.93. The Morgan fingerprint density at radius 2 is 1.48 bits per heavy atom. The minimum atomic E-state index is -3.93. The second-order valence-electron chi connectivity index (χ2n) is 8.51. The lowest BCUT2D eigenvalue weighted by atomic mass is 10.0. The number of benzene rings is 3. The summed E-state index contributed by atoms with van der Waals surface area (Å²) in [5.74, 6) is -0.0324. The van der Waals surface area contributed by atoms with E-state index >= 15 is 0 Å². The van der Waals surface area contributed by atoms with Gasteiger partial charge < -0.3 is 5.32 Å². The molecule has 0 saturated heterocycles. The molecule has 3 aromatic rings. The molecule has 0 aliphatic heterocycles. The van der Waals surface area contributed by atoms with Crippen LogP contribution in [0.5, 0.6) is 0 Å². The van der Waals surface area contributed by atoms with Crippen molar-refractivity contribution in [2.24, 2.45) is 0 Å². The van der Waals surface area contributed by atoms with E-state index in [2.05, 4.69) is 19.2 Å². The third kappa shape index (κ3) is 6.02. The Kier molecular flexibility index (Phi) is 7.92. The van der Waals surface area contributed by atoms with Crippen molar-refractivity contribution in [2.45, 2.75) is 51.0 Å². The zero-order valence-electron chi connectivity index (χ0n) is 19.7. The molecule has 0 aliphatic rings. The highest BCUT2D eigenvalue weighted by Gasteiger charge is 2.28. The van der Waals surface area contributed by atoms with Gasteiger partial charge in [-0.1, -0.05) is 80.9 Å². The van der Waals surface area contributed by atoms with Gasteiger partial charge in [0.15, 0.2) is 0 Å². The van der Waals surface area contributed by atoms with Gasteiger partial charge >= 0.3 is 0 Å². The number of carbonyl (C=O) groups is 1. The summed E-state index contributed by atoms with van der Waals surface area (Å²) >= 11 is 0. The molecule has 1 atom stereocenters. The first-order valence-electron chi connectivity index (χ1n) is 11.3. The summed E-state index contributed by atoms with van der Waals surface area (Å²) in [5, 5.41) is 3.00. The molecule has 0 radical (unpaired) electrons. The molecule has 33 heavy (non-hydrogen) atoms. The largest absolute Gasteiger partial charge is 0.348 e. The average Bonchev–Trinajstić information content (AvgIpc) is 2.82. The van der Waals surface area contributed by atoms with E-state index in [9.17, 15) is 13.2 Å². The van der Waals surface area contributed by atoms with Crippen molar-refractivity contribution in [3.8, 4) is 0 Å². The molecule has 0 aliphatic carbocycles. The molecule has 1 amide bonds.